The van der Waals surface area contributed by atoms with E-state index in [0.29, 0.717) is 12.1 Å². The molecule has 2 saturated heterocycles. The Balaban J connectivity index is 1.84. The Kier molecular flexibility index (Phi) is 3.12. The highest BCUT2D eigenvalue weighted by Gasteiger charge is 2.40. The number of pyridine rings is 1. The van der Waals surface area contributed by atoms with Gasteiger partial charge >= 0.3 is 0 Å². The average molecular weight is 247 g/mol. The third-order valence-corrected chi connectivity index (χ3v) is 4.11. The minimum atomic E-state index is -0.103. The van der Waals surface area contributed by atoms with Crippen LogP contribution in [-0.4, -0.2) is 34.8 Å². The lowest BCUT2D eigenvalue weighted by Gasteiger charge is -2.39. The topological polar surface area (TPSA) is 48.4 Å². The summed E-state index contributed by atoms with van der Waals surface area (Å²) >= 11 is 0. The van der Waals surface area contributed by atoms with Crippen molar-refractivity contribution >= 4 is 11.5 Å². The second kappa shape index (κ2) is 4.76. The van der Waals surface area contributed by atoms with Crippen molar-refractivity contribution < 1.29 is 5.11 Å². The molecule has 18 heavy (non-hydrogen) atoms. The lowest BCUT2D eigenvalue weighted by molar-refractivity contribution is 0.126. The fourth-order valence-corrected chi connectivity index (χ4v) is 3.43. The van der Waals surface area contributed by atoms with E-state index in [1.807, 2.05) is 6.20 Å². The monoisotopic (exact) mass is 247 g/mol. The maximum atomic E-state index is 9.84. The van der Waals surface area contributed by atoms with Crippen LogP contribution >= 0.6 is 0 Å². The predicted molar refractivity (Wildman–Crippen MR) is 72.9 cm³/mol. The lowest BCUT2D eigenvalue weighted by atomic mass is 9.99. The molecule has 98 valence electrons. The third-order valence-electron chi connectivity index (χ3n) is 4.11. The van der Waals surface area contributed by atoms with E-state index in [1.165, 1.54) is 18.5 Å². The molecule has 2 bridgehead atoms. The molecule has 2 atom stereocenters. The summed E-state index contributed by atoms with van der Waals surface area (Å²) in [5, 5.41) is 13.1. The minimum Gasteiger partial charge on any atom is -0.393 e. The van der Waals surface area contributed by atoms with Crippen LogP contribution in [0.4, 0.5) is 11.5 Å². The van der Waals surface area contributed by atoms with Crippen molar-refractivity contribution in [2.45, 2.75) is 50.8 Å². The maximum Gasteiger partial charge on any atom is 0.127 e. The number of piperidine rings is 1. The summed E-state index contributed by atoms with van der Waals surface area (Å²) < 4.78 is 0. The summed E-state index contributed by atoms with van der Waals surface area (Å²) in [6, 6.07) is 5.24. The second-order valence-corrected chi connectivity index (χ2v) is 5.35. The Morgan fingerprint density at radius 2 is 2.11 bits per heavy atom. The van der Waals surface area contributed by atoms with Gasteiger partial charge in [0.15, 0.2) is 0 Å². The SMILES string of the molecule is CCNc1cc(N2C3CCC2CC(O)C3)ccn1. The summed E-state index contributed by atoms with van der Waals surface area (Å²) in [7, 11) is 0. The molecule has 1 aromatic heterocycles. The number of anilines is 2. The van der Waals surface area contributed by atoms with Gasteiger partial charge in [-0.25, -0.2) is 4.98 Å². The molecule has 0 spiro atoms. The van der Waals surface area contributed by atoms with Crippen LogP contribution in [-0.2, 0) is 0 Å². The van der Waals surface area contributed by atoms with Gasteiger partial charge in [0.05, 0.1) is 6.10 Å². The van der Waals surface area contributed by atoms with E-state index >= 15 is 0 Å². The average Bonchev–Trinajstić information content (AvgIpc) is 2.63. The first kappa shape index (κ1) is 11.8. The maximum absolute atomic E-state index is 9.84. The van der Waals surface area contributed by atoms with E-state index in [4.69, 9.17) is 0 Å². The molecule has 0 aromatic carbocycles. The fraction of sp³-hybridized carbons (Fsp3) is 0.643. The Morgan fingerprint density at radius 1 is 1.39 bits per heavy atom. The van der Waals surface area contributed by atoms with E-state index in [1.54, 1.807) is 0 Å². The molecule has 3 rings (SSSR count). The zero-order valence-corrected chi connectivity index (χ0v) is 10.8. The number of aromatic nitrogens is 1. The molecule has 0 aliphatic carbocycles. The number of aliphatic hydroxyl groups excluding tert-OH is 1. The first-order chi connectivity index (χ1) is 8.78. The number of nitrogens with zero attached hydrogens (tertiary/aromatic N) is 2. The molecular formula is C14H21N3O. The molecule has 0 saturated carbocycles. The molecule has 3 heterocycles. The van der Waals surface area contributed by atoms with Crippen molar-refractivity contribution in [3.63, 3.8) is 0 Å². The number of nitrogens with one attached hydrogen (secondary N) is 1. The molecule has 0 amide bonds. The molecule has 1 aromatic rings. The molecule has 0 radical (unpaired) electrons. The van der Waals surface area contributed by atoms with Gasteiger partial charge in [-0.2, -0.15) is 0 Å². The fourth-order valence-electron chi connectivity index (χ4n) is 3.43. The van der Waals surface area contributed by atoms with Crippen molar-refractivity contribution in [1.29, 1.82) is 0 Å². The van der Waals surface area contributed by atoms with E-state index in [9.17, 15) is 5.11 Å². The van der Waals surface area contributed by atoms with Crippen LogP contribution in [0.25, 0.3) is 0 Å². The number of hydrogen-bond donors (Lipinski definition) is 2. The summed E-state index contributed by atoms with van der Waals surface area (Å²) in [4.78, 5) is 6.82. The van der Waals surface area contributed by atoms with Crippen molar-refractivity contribution in [2.75, 3.05) is 16.8 Å². The van der Waals surface area contributed by atoms with E-state index in [0.717, 1.165) is 25.2 Å². The first-order valence-corrected chi connectivity index (χ1v) is 6.94. The standard InChI is InChI=1S/C14H21N3O/c1-2-15-14-9-12(5-6-16-14)17-10-3-4-11(17)8-13(18)7-10/h5-6,9-11,13,18H,2-4,7-8H2,1H3,(H,15,16). The van der Waals surface area contributed by atoms with Gasteiger partial charge < -0.3 is 15.3 Å². The quantitative estimate of drug-likeness (QED) is 0.858. The van der Waals surface area contributed by atoms with Crippen LogP contribution in [0.5, 0.6) is 0 Å². The smallest absolute Gasteiger partial charge is 0.127 e. The van der Waals surface area contributed by atoms with Gasteiger partial charge in [-0.1, -0.05) is 0 Å². The normalized spacial score (nSPS) is 30.6. The second-order valence-electron chi connectivity index (χ2n) is 5.35. The molecule has 2 unspecified atom stereocenters. The summed E-state index contributed by atoms with van der Waals surface area (Å²) in [5.74, 6) is 0.945. The van der Waals surface area contributed by atoms with Gasteiger partial charge in [0, 0.05) is 36.6 Å². The van der Waals surface area contributed by atoms with Crippen LogP contribution in [0, 0.1) is 0 Å². The van der Waals surface area contributed by atoms with Crippen molar-refractivity contribution in [2.24, 2.45) is 0 Å². The molecular weight excluding hydrogens is 226 g/mol. The Labute approximate surface area is 108 Å². The highest BCUT2D eigenvalue weighted by molar-refractivity contribution is 5.56. The highest BCUT2D eigenvalue weighted by Crippen LogP contribution is 2.39. The molecule has 2 N–H and O–H groups in total. The molecule has 2 aliphatic rings. The predicted octanol–water partition coefficient (Wildman–Crippen LogP) is 2.01. The zero-order chi connectivity index (χ0) is 12.5. The first-order valence-electron chi connectivity index (χ1n) is 6.94. The van der Waals surface area contributed by atoms with E-state index in [2.05, 4.69) is 34.3 Å². The van der Waals surface area contributed by atoms with Gasteiger partial charge in [0.25, 0.3) is 0 Å². The Bertz CT molecular complexity index is 409. The van der Waals surface area contributed by atoms with Gasteiger partial charge in [0.1, 0.15) is 5.82 Å². The van der Waals surface area contributed by atoms with E-state index < -0.39 is 0 Å². The number of aliphatic hydroxyl groups is 1. The number of hydrogen-bond acceptors (Lipinski definition) is 4. The van der Waals surface area contributed by atoms with Crippen LogP contribution in [0.1, 0.15) is 32.6 Å². The molecule has 4 nitrogen and oxygen atoms in total. The Morgan fingerprint density at radius 3 is 2.78 bits per heavy atom. The van der Waals surface area contributed by atoms with Gasteiger partial charge in [-0.05, 0) is 38.7 Å². The molecule has 2 aliphatic heterocycles. The van der Waals surface area contributed by atoms with Crippen LogP contribution in [0.15, 0.2) is 18.3 Å². The van der Waals surface area contributed by atoms with Gasteiger partial charge in [-0.3, -0.25) is 0 Å². The lowest BCUT2D eigenvalue weighted by Crippen LogP contribution is -2.44. The van der Waals surface area contributed by atoms with Crippen molar-refractivity contribution in [3.05, 3.63) is 18.3 Å². The van der Waals surface area contributed by atoms with E-state index in [-0.39, 0.29) is 6.10 Å². The minimum absolute atomic E-state index is 0.103. The van der Waals surface area contributed by atoms with Crippen molar-refractivity contribution in [3.8, 4) is 0 Å². The van der Waals surface area contributed by atoms with Crippen LogP contribution in [0.3, 0.4) is 0 Å². The summed E-state index contributed by atoms with van der Waals surface area (Å²) in [6.45, 7) is 2.97. The van der Waals surface area contributed by atoms with Gasteiger partial charge in [0.2, 0.25) is 0 Å². The largest absolute Gasteiger partial charge is 0.393 e. The van der Waals surface area contributed by atoms with Crippen LogP contribution < -0.4 is 10.2 Å². The Hall–Kier alpha value is -1.29. The summed E-state index contributed by atoms with van der Waals surface area (Å²) in [5.41, 5.74) is 1.25. The van der Waals surface area contributed by atoms with Crippen LogP contribution in [0.2, 0.25) is 0 Å². The molecule has 2 fully saturated rings. The third kappa shape index (κ3) is 2.05. The van der Waals surface area contributed by atoms with Gasteiger partial charge in [-0.15, -0.1) is 0 Å². The zero-order valence-electron chi connectivity index (χ0n) is 10.8. The number of rotatable bonds is 3. The highest BCUT2D eigenvalue weighted by atomic mass is 16.3. The summed E-state index contributed by atoms with van der Waals surface area (Å²) in [6.07, 6.45) is 6.01. The number of fused-ring (bicyclic) bond motifs is 2. The van der Waals surface area contributed by atoms with Crippen molar-refractivity contribution in [1.82, 2.24) is 4.98 Å². The molecule has 4 heteroatoms.